The zero-order valence-corrected chi connectivity index (χ0v) is 78.5. The summed E-state index contributed by atoms with van der Waals surface area (Å²) in [6.07, 6.45) is 23.7. The van der Waals surface area contributed by atoms with Crippen LogP contribution in [-0.2, 0) is 32.7 Å². The normalized spacial score (nSPS) is 14.5. The average molecular weight is 1920 g/mol. The standard InChI is InChI=1S/3C21H19ClN6.2C21H19FN6/c1-12-4-3-9-28(12)11-17-26-18-15-7-6-13(14-5-2-8-24-20(14)22)10-16(15)25-21(23)19(18)27-17;1-12-3-2-8-28(12)11-18-26-19-14-5-4-13(15-10-24-7-6-16(15)22)9-17(14)25-21(23)20(19)27-18;1-12-3-2-6-28(12)11-18-26-19-16-5-4-13(14-7-15(22)10-24-9-14)8-17(16)25-21(23)20(19)27-18;1-12-3-2-8-28(12)11-18-26-19-15-6-4-13(14-5-7-17(22)24-10-14)9-16(15)25-21(23)20(19)27-18;1-12-3-2-6-28(12)11-18-26-19-16-5-4-13(14-7-15(22)10-24-9-14)8-17(16)25-21(23)20(19)27-18/h2,5-8,10H,1,3-4,9,11H2,(H2,23,25)(H,26,27);4-7,9-10H,1-3,8,11H2,(H2,23,25)(H,26,27);4-5,7-10H,1-3,6,11H2,(H2,23,25)(H,26,27);4-7,9-10H,1-3,8,11H2,(H2,23,25)(H,26,27);4-5,7-10H,1-3,6,11H2,(H2,23,25)(H,26,27). The summed E-state index contributed by atoms with van der Waals surface area (Å²) in [5.74, 6) is 5.59. The number of nitrogens with zero attached hydrogens (tertiary/aromatic N) is 20. The van der Waals surface area contributed by atoms with Crippen LogP contribution in [0.2, 0.25) is 15.2 Å². The summed E-state index contributed by atoms with van der Waals surface area (Å²) >= 11 is 18.6. The van der Waals surface area contributed by atoms with E-state index >= 15 is 0 Å². The average Bonchev–Trinajstić information content (AvgIpc) is 1.63. The number of likely N-dealkylation sites (tertiary alicyclic amines) is 5. The fourth-order valence-electron chi connectivity index (χ4n) is 19.0. The van der Waals surface area contributed by atoms with Gasteiger partial charge in [0.25, 0.3) is 0 Å². The lowest BCUT2D eigenvalue weighted by Crippen LogP contribution is -2.17. The summed E-state index contributed by atoms with van der Waals surface area (Å²) in [4.78, 5) is 95.0. The second-order valence-corrected chi connectivity index (χ2v) is 36.7. The molecule has 0 radical (unpaired) electrons. The smallest absolute Gasteiger partial charge is 0.212 e. The lowest BCUT2D eigenvalue weighted by Gasteiger charge is -2.16. The van der Waals surface area contributed by atoms with Crippen molar-refractivity contribution in [1.29, 1.82) is 0 Å². The Bertz CT molecular complexity index is 7990. The topological polar surface area (TPSA) is 419 Å². The van der Waals surface area contributed by atoms with Gasteiger partial charge in [0.05, 0.1) is 76.5 Å². The lowest BCUT2D eigenvalue weighted by molar-refractivity contribution is 0.378. The van der Waals surface area contributed by atoms with Gasteiger partial charge in [-0.2, -0.15) is 4.39 Å². The Kier molecular flexibility index (Phi) is 24.5. The van der Waals surface area contributed by atoms with E-state index in [1.807, 2.05) is 109 Å². The third kappa shape index (κ3) is 18.4. The van der Waals surface area contributed by atoms with Gasteiger partial charge in [-0.15, -0.1) is 0 Å². The summed E-state index contributed by atoms with van der Waals surface area (Å²) in [5, 5.41) is 6.41. The van der Waals surface area contributed by atoms with Gasteiger partial charge in [-0.05, 0) is 195 Å². The molecule has 0 amide bonds. The summed E-state index contributed by atoms with van der Waals surface area (Å²) in [5.41, 5.74) is 57.5. The quantitative estimate of drug-likeness (QED) is 0.0426. The predicted molar refractivity (Wildman–Crippen MR) is 554 cm³/mol. The van der Waals surface area contributed by atoms with Crippen LogP contribution in [0, 0.1) is 11.8 Å². The van der Waals surface area contributed by atoms with Gasteiger partial charge in [0.2, 0.25) is 5.95 Å². The summed E-state index contributed by atoms with van der Waals surface area (Å²) < 4.78 is 26.6. The van der Waals surface area contributed by atoms with E-state index < -0.39 is 5.95 Å². The number of nitrogen functional groups attached to an aromatic ring is 5. The number of anilines is 5. The number of nitrogens with two attached hydrogens (primary N) is 5. The Morgan fingerprint density at radius 3 is 0.957 bits per heavy atom. The molecule has 0 aliphatic carbocycles. The van der Waals surface area contributed by atoms with Gasteiger partial charge < -0.3 is 78.1 Å². The Morgan fingerprint density at radius 2 is 0.636 bits per heavy atom. The van der Waals surface area contributed by atoms with Crippen molar-refractivity contribution in [1.82, 2.24) is 124 Å². The molecule has 5 aliphatic rings. The molecule has 5 fully saturated rings. The van der Waals surface area contributed by atoms with Crippen molar-refractivity contribution in [3.63, 3.8) is 0 Å². The first-order chi connectivity index (χ1) is 67.9. The van der Waals surface area contributed by atoms with Crippen LogP contribution in [0.4, 0.5) is 37.9 Å². The van der Waals surface area contributed by atoms with Crippen LogP contribution < -0.4 is 28.7 Å². The fraction of sp³-hybridized carbons (Fsp3) is 0.190. The molecule has 5 aromatic carbocycles. The minimum atomic E-state index is -0.502. The van der Waals surface area contributed by atoms with Gasteiger partial charge in [-0.25, -0.2) is 64.2 Å². The largest absolute Gasteiger partial charge is 0.382 e. The molecule has 140 heavy (non-hydrogen) atoms. The molecule has 15 N–H and O–H groups in total. The Hall–Kier alpha value is -16.3. The number of imidazole rings is 5. The van der Waals surface area contributed by atoms with Crippen LogP contribution >= 0.6 is 34.8 Å². The van der Waals surface area contributed by atoms with E-state index in [1.54, 1.807) is 49.3 Å². The zero-order chi connectivity index (χ0) is 96.3. The number of pyridine rings is 10. The number of nitrogens with one attached hydrogen (secondary N) is 5. The van der Waals surface area contributed by atoms with Crippen molar-refractivity contribution in [3.8, 4) is 55.6 Å². The number of hydrogen-bond acceptors (Lipinski definition) is 25. The van der Waals surface area contributed by atoms with Crippen LogP contribution in [0.15, 0.2) is 244 Å². The van der Waals surface area contributed by atoms with Crippen LogP contribution in [0.1, 0.15) is 93.3 Å². The highest BCUT2D eigenvalue weighted by molar-refractivity contribution is 6.33. The first-order valence-corrected chi connectivity index (χ1v) is 47.2. The summed E-state index contributed by atoms with van der Waals surface area (Å²) in [6.45, 7) is 29.1. The Balaban J connectivity index is 0.000000104. The Labute approximate surface area is 815 Å². The molecule has 0 bridgehead atoms. The van der Waals surface area contributed by atoms with E-state index in [9.17, 15) is 8.78 Å². The number of benzene rings is 5. The SMILES string of the molecule is C=C1CCCN1Cc1nc2c([nH]1)c(N)nc1cc(-c3ccc(F)nc3)ccc12.C=C1CCCN1Cc1nc2c([nH]1)c(N)nc1cc(-c3cccnc3Cl)ccc12.C=C1CCCN1Cc1nc2c([nH]1)c(N)nc1cc(-c3cncc(Cl)c3)ccc12.C=C1CCCN1Cc1nc2c([nH]1)c(N)nc1cc(-c3cncc(F)c3)ccc12.C=C1CCCN1Cc1nc2c([nH]1)c(N)nc1cc(-c3cnccc3Cl)ccc12. The maximum absolute atomic E-state index is 13.5. The number of fused-ring (bicyclic) bond motifs is 15. The molecule has 35 heteroatoms. The van der Waals surface area contributed by atoms with Crippen molar-refractivity contribution < 1.29 is 8.78 Å². The number of aromatic amines is 5. The molecular formula is C105H95Cl3F2N30. The molecule has 30 nitrogen and oxygen atoms in total. The fourth-order valence-corrected chi connectivity index (χ4v) is 19.6. The molecule has 0 unspecified atom stereocenters. The third-order valence-electron chi connectivity index (χ3n) is 26.2. The summed E-state index contributed by atoms with van der Waals surface area (Å²) in [7, 11) is 0. The lowest BCUT2D eigenvalue weighted by atomic mass is 10.0. The first-order valence-electron chi connectivity index (χ1n) is 46.0. The molecule has 25 rings (SSSR count). The second kappa shape index (κ2) is 38.0. The van der Waals surface area contributed by atoms with Gasteiger partial charge in [0.15, 0.2) is 0 Å². The van der Waals surface area contributed by atoms with Crippen LogP contribution in [-0.4, -0.2) is 157 Å². The molecule has 20 aromatic rings. The van der Waals surface area contributed by atoms with Gasteiger partial charge in [0.1, 0.15) is 124 Å². The highest BCUT2D eigenvalue weighted by atomic mass is 35.5. The number of halogens is 5. The van der Waals surface area contributed by atoms with E-state index in [0.29, 0.717) is 82.6 Å². The van der Waals surface area contributed by atoms with Crippen LogP contribution in [0.3, 0.4) is 0 Å². The number of hydrogen-bond donors (Lipinski definition) is 10. The molecular weight excluding hydrogens is 1830 g/mol. The Morgan fingerprint density at radius 1 is 0.307 bits per heavy atom. The maximum atomic E-state index is 13.5. The van der Waals surface area contributed by atoms with E-state index in [1.165, 1.54) is 24.5 Å². The van der Waals surface area contributed by atoms with E-state index in [2.05, 4.69) is 132 Å². The first kappa shape index (κ1) is 90.2. The highest BCUT2D eigenvalue weighted by Crippen LogP contribution is 2.41. The predicted octanol–water partition coefficient (Wildman–Crippen LogP) is 21.6. The minimum Gasteiger partial charge on any atom is -0.382 e. The monoisotopic (exact) mass is 1920 g/mol. The van der Waals surface area contributed by atoms with Gasteiger partial charge >= 0.3 is 0 Å². The van der Waals surface area contributed by atoms with Crippen molar-refractivity contribution in [2.24, 2.45) is 0 Å². The molecule has 15 aromatic heterocycles. The second-order valence-electron chi connectivity index (χ2n) is 35.5. The third-order valence-corrected chi connectivity index (χ3v) is 27.0. The van der Waals surface area contributed by atoms with Gasteiger partial charge in [-0.3, -0.25) is 15.0 Å². The van der Waals surface area contributed by atoms with Gasteiger partial charge in [-0.1, -0.05) is 98.0 Å². The zero-order valence-electron chi connectivity index (χ0n) is 76.2. The number of H-pyrrole nitrogens is 5. The van der Waals surface area contributed by atoms with E-state index in [0.717, 1.165) is 314 Å². The summed E-state index contributed by atoms with van der Waals surface area (Å²) in [6, 6.07) is 41.6. The van der Waals surface area contributed by atoms with Crippen molar-refractivity contribution in [2.75, 3.05) is 61.4 Å². The highest BCUT2D eigenvalue weighted by Gasteiger charge is 2.27. The van der Waals surface area contributed by atoms with Crippen molar-refractivity contribution >= 4 is 174 Å². The molecule has 0 atom stereocenters. The van der Waals surface area contributed by atoms with Crippen LogP contribution in [0.5, 0.6) is 0 Å². The number of rotatable bonds is 15. The molecule has 20 heterocycles. The van der Waals surface area contributed by atoms with E-state index in [-0.39, 0.29) is 5.82 Å². The maximum Gasteiger partial charge on any atom is 0.212 e. The van der Waals surface area contributed by atoms with Crippen molar-refractivity contribution in [3.05, 3.63) is 301 Å². The van der Waals surface area contributed by atoms with E-state index in [4.69, 9.17) is 88.4 Å². The number of allylic oxidation sites excluding steroid dienone is 5. The van der Waals surface area contributed by atoms with Crippen molar-refractivity contribution in [2.45, 2.75) is 96.9 Å². The molecule has 700 valence electrons. The number of aromatic nitrogens is 20. The molecule has 0 spiro atoms. The minimum absolute atomic E-state index is 0.374. The van der Waals surface area contributed by atoms with Gasteiger partial charge in [0, 0.05) is 159 Å². The molecule has 5 saturated heterocycles. The van der Waals surface area contributed by atoms with Crippen LogP contribution in [0.25, 0.3) is 165 Å². The molecule has 5 aliphatic heterocycles. The molecule has 0 saturated carbocycles.